The van der Waals surface area contributed by atoms with Crippen LogP contribution in [0.1, 0.15) is 32.1 Å². The summed E-state index contributed by atoms with van der Waals surface area (Å²) in [6.45, 7) is 3.53. The van der Waals surface area contributed by atoms with E-state index < -0.39 is 0 Å². The molecule has 0 N–H and O–H groups in total. The Morgan fingerprint density at radius 3 is 2.52 bits per heavy atom. The molecule has 25 heavy (non-hydrogen) atoms. The summed E-state index contributed by atoms with van der Waals surface area (Å²) in [5, 5.41) is 0. The van der Waals surface area contributed by atoms with Gasteiger partial charge in [-0.15, -0.1) is 0 Å². The minimum atomic E-state index is 0.291. The van der Waals surface area contributed by atoms with E-state index in [1.807, 2.05) is 12.1 Å². The van der Waals surface area contributed by atoms with Crippen molar-refractivity contribution in [1.82, 2.24) is 9.88 Å². The lowest BCUT2D eigenvalue weighted by Crippen LogP contribution is -2.50. The lowest BCUT2D eigenvalue weighted by atomic mass is 9.90. The largest absolute Gasteiger partial charge is 0.495 e. The van der Waals surface area contributed by atoms with Gasteiger partial charge in [0.2, 0.25) is 0 Å². The Morgan fingerprint density at radius 1 is 1.04 bits per heavy atom. The van der Waals surface area contributed by atoms with E-state index in [0.717, 1.165) is 80.5 Å². The van der Waals surface area contributed by atoms with E-state index in [1.54, 1.807) is 13.3 Å². The fraction of sp³-hybridized carbons (Fsp3) is 0.526. The van der Waals surface area contributed by atoms with E-state index in [9.17, 15) is 4.79 Å². The molecule has 0 saturated carbocycles. The fourth-order valence-corrected chi connectivity index (χ4v) is 3.82. The van der Waals surface area contributed by atoms with Gasteiger partial charge in [-0.25, -0.2) is 9.98 Å². The number of carbonyl (C=O) groups excluding carboxylic acids is 1. The quantitative estimate of drug-likeness (QED) is 0.827. The molecular weight excluding hydrogens is 316 g/mol. The Morgan fingerprint density at radius 2 is 1.80 bits per heavy atom. The second kappa shape index (κ2) is 6.86. The van der Waals surface area contributed by atoms with Crippen LogP contribution in [0, 0.1) is 0 Å². The third-order valence-corrected chi connectivity index (χ3v) is 5.28. The molecule has 1 aliphatic carbocycles. The van der Waals surface area contributed by atoms with E-state index in [0.29, 0.717) is 12.2 Å². The molecule has 3 heterocycles. The second-order valence-electron chi connectivity index (χ2n) is 6.79. The van der Waals surface area contributed by atoms with E-state index in [1.165, 1.54) is 0 Å². The average molecular weight is 340 g/mol. The number of carbonyl (C=O) groups is 1. The van der Waals surface area contributed by atoms with Crippen LogP contribution in [-0.4, -0.2) is 54.8 Å². The number of ether oxygens (including phenoxy) is 1. The highest BCUT2D eigenvalue weighted by Gasteiger charge is 2.29. The number of Topliss-reactive ketones (excluding diaryl/α,β-unsaturated/α-hetero) is 1. The minimum Gasteiger partial charge on any atom is -0.495 e. The number of ketones is 1. The van der Waals surface area contributed by atoms with Gasteiger partial charge in [0.25, 0.3) is 0 Å². The van der Waals surface area contributed by atoms with Gasteiger partial charge in [0.1, 0.15) is 17.4 Å². The first-order chi connectivity index (χ1) is 12.2. The Hall–Kier alpha value is -2.37. The van der Waals surface area contributed by atoms with Crippen LogP contribution in [0.2, 0.25) is 0 Å². The van der Waals surface area contributed by atoms with Gasteiger partial charge in [-0.05, 0) is 37.8 Å². The first-order valence-electron chi connectivity index (χ1n) is 9.07. The predicted molar refractivity (Wildman–Crippen MR) is 97.1 cm³/mol. The number of aliphatic imine (C=N–C) groups is 1. The third kappa shape index (κ3) is 3.25. The van der Waals surface area contributed by atoms with Gasteiger partial charge < -0.3 is 14.5 Å². The highest BCUT2D eigenvalue weighted by atomic mass is 16.5. The molecule has 0 atom stereocenters. The zero-order chi connectivity index (χ0) is 17.2. The van der Waals surface area contributed by atoms with Crippen molar-refractivity contribution in [3.63, 3.8) is 0 Å². The van der Waals surface area contributed by atoms with Gasteiger partial charge in [0.05, 0.1) is 19.7 Å². The van der Waals surface area contributed by atoms with Crippen molar-refractivity contribution in [2.75, 3.05) is 38.2 Å². The van der Waals surface area contributed by atoms with Crippen LogP contribution in [-0.2, 0) is 4.79 Å². The van der Waals surface area contributed by atoms with Crippen molar-refractivity contribution < 1.29 is 9.53 Å². The van der Waals surface area contributed by atoms with Crippen LogP contribution >= 0.6 is 0 Å². The van der Waals surface area contributed by atoms with Gasteiger partial charge in [0, 0.05) is 37.4 Å². The SMILES string of the molecule is COc1ccc(N2CCN(C3=NC4=C(CCCC4)C(=O)C3)CC2)nc1. The molecule has 1 aromatic rings. The predicted octanol–water partition coefficient (Wildman–Crippen LogP) is 2.41. The molecule has 0 aromatic carbocycles. The molecule has 2 aliphatic heterocycles. The molecule has 0 spiro atoms. The number of pyridine rings is 1. The first-order valence-corrected chi connectivity index (χ1v) is 9.07. The van der Waals surface area contributed by atoms with E-state index in [4.69, 9.17) is 9.73 Å². The van der Waals surface area contributed by atoms with Crippen molar-refractivity contribution in [3.8, 4) is 5.75 Å². The standard InChI is InChI=1S/C19H24N4O2/c1-25-14-6-7-18(20-13-14)22-8-10-23(11-9-22)19-12-17(24)15-4-2-3-5-16(15)21-19/h6-7,13H,2-5,8-12H2,1H3. The molecule has 0 amide bonds. The summed E-state index contributed by atoms with van der Waals surface area (Å²) in [6, 6.07) is 3.94. The molecule has 6 nitrogen and oxygen atoms in total. The summed E-state index contributed by atoms with van der Waals surface area (Å²) in [5.74, 6) is 3.00. The molecular formula is C19H24N4O2. The van der Waals surface area contributed by atoms with E-state index >= 15 is 0 Å². The number of rotatable bonds is 2. The molecule has 6 heteroatoms. The number of aromatic nitrogens is 1. The van der Waals surface area contributed by atoms with E-state index in [2.05, 4.69) is 14.8 Å². The van der Waals surface area contributed by atoms with Gasteiger partial charge in [-0.3, -0.25) is 4.79 Å². The van der Waals surface area contributed by atoms with Crippen molar-refractivity contribution in [2.24, 2.45) is 4.99 Å². The normalized spacial score (nSPS) is 21.2. The van der Waals surface area contributed by atoms with Crippen molar-refractivity contribution in [2.45, 2.75) is 32.1 Å². The van der Waals surface area contributed by atoms with Gasteiger partial charge in [-0.2, -0.15) is 0 Å². The zero-order valence-corrected chi connectivity index (χ0v) is 14.7. The number of amidine groups is 1. The second-order valence-corrected chi connectivity index (χ2v) is 6.79. The maximum absolute atomic E-state index is 12.4. The van der Waals surface area contributed by atoms with Gasteiger partial charge in [-0.1, -0.05) is 0 Å². The lowest BCUT2D eigenvalue weighted by Gasteiger charge is -2.38. The Bertz CT molecular complexity index is 715. The third-order valence-electron chi connectivity index (χ3n) is 5.28. The number of hydrogen-bond donors (Lipinski definition) is 0. The smallest absolute Gasteiger partial charge is 0.168 e. The van der Waals surface area contributed by atoms with Crippen molar-refractivity contribution in [3.05, 3.63) is 29.6 Å². The monoisotopic (exact) mass is 340 g/mol. The summed E-state index contributed by atoms with van der Waals surface area (Å²) >= 11 is 0. The summed E-state index contributed by atoms with van der Waals surface area (Å²) in [7, 11) is 1.65. The fourth-order valence-electron chi connectivity index (χ4n) is 3.82. The summed E-state index contributed by atoms with van der Waals surface area (Å²) in [6.07, 6.45) is 6.38. The minimum absolute atomic E-state index is 0.291. The van der Waals surface area contributed by atoms with Crippen LogP contribution in [0.4, 0.5) is 5.82 Å². The highest BCUT2D eigenvalue weighted by molar-refractivity contribution is 6.11. The molecule has 1 saturated heterocycles. The number of methoxy groups -OCH3 is 1. The first kappa shape index (κ1) is 16.1. The molecule has 3 aliphatic rings. The molecule has 0 radical (unpaired) electrons. The lowest BCUT2D eigenvalue weighted by molar-refractivity contribution is -0.115. The van der Waals surface area contributed by atoms with Crippen LogP contribution < -0.4 is 9.64 Å². The molecule has 1 aromatic heterocycles. The van der Waals surface area contributed by atoms with Crippen molar-refractivity contribution in [1.29, 1.82) is 0 Å². The number of nitrogens with zero attached hydrogens (tertiary/aromatic N) is 4. The molecule has 1 fully saturated rings. The van der Waals surface area contributed by atoms with Crippen LogP contribution in [0.3, 0.4) is 0 Å². The number of piperazine rings is 1. The molecule has 0 bridgehead atoms. The topological polar surface area (TPSA) is 58.0 Å². The van der Waals surface area contributed by atoms with E-state index in [-0.39, 0.29) is 0 Å². The van der Waals surface area contributed by atoms with Crippen molar-refractivity contribution >= 4 is 17.4 Å². The number of anilines is 1. The van der Waals surface area contributed by atoms with Crippen LogP contribution in [0.25, 0.3) is 0 Å². The summed E-state index contributed by atoms with van der Waals surface area (Å²) in [4.78, 5) is 26.3. The average Bonchev–Trinajstić information content (AvgIpc) is 2.68. The molecule has 4 rings (SSSR count). The maximum atomic E-state index is 12.4. The van der Waals surface area contributed by atoms with Crippen LogP contribution in [0.15, 0.2) is 34.6 Å². The maximum Gasteiger partial charge on any atom is 0.168 e. The zero-order valence-electron chi connectivity index (χ0n) is 14.7. The number of allylic oxidation sites excluding steroid dienone is 2. The highest BCUT2D eigenvalue weighted by Crippen LogP contribution is 2.31. The van der Waals surface area contributed by atoms with Crippen LogP contribution in [0.5, 0.6) is 5.75 Å². The molecule has 0 unspecified atom stereocenters. The number of hydrogen-bond acceptors (Lipinski definition) is 6. The Balaban J connectivity index is 1.42. The Kier molecular flexibility index (Phi) is 4.42. The molecule has 132 valence electrons. The Labute approximate surface area is 148 Å². The van der Waals surface area contributed by atoms with Gasteiger partial charge >= 0.3 is 0 Å². The summed E-state index contributed by atoms with van der Waals surface area (Å²) in [5.41, 5.74) is 2.05. The summed E-state index contributed by atoms with van der Waals surface area (Å²) < 4.78 is 5.17. The van der Waals surface area contributed by atoms with Gasteiger partial charge in [0.15, 0.2) is 5.78 Å².